The van der Waals surface area contributed by atoms with E-state index in [2.05, 4.69) is 5.32 Å². The molecule has 1 amide bonds. The van der Waals surface area contributed by atoms with Crippen LogP contribution in [0.15, 0.2) is 18.2 Å². The predicted molar refractivity (Wildman–Crippen MR) is 61.7 cm³/mol. The molecule has 1 aromatic carbocycles. The first kappa shape index (κ1) is 14.0. The van der Waals surface area contributed by atoms with Crippen LogP contribution in [-0.2, 0) is 0 Å². The van der Waals surface area contributed by atoms with Gasteiger partial charge in [-0.3, -0.25) is 14.9 Å². The van der Waals surface area contributed by atoms with E-state index in [1.54, 1.807) is 13.8 Å². The third kappa shape index (κ3) is 3.24. The molecule has 0 unspecified atom stereocenters. The van der Waals surface area contributed by atoms with Gasteiger partial charge in [-0.25, -0.2) is 4.39 Å². The number of nitrogens with zero attached hydrogens (tertiary/aromatic N) is 1. The molecular weight excluding hydrogens is 243 g/mol. The second kappa shape index (κ2) is 5.09. The fourth-order valence-electron chi connectivity index (χ4n) is 1.22. The maximum absolute atomic E-state index is 13.5. The van der Waals surface area contributed by atoms with Crippen molar-refractivity contribution in [2.45, 2.75) is 19.4 Å². The number of aliphatic hydroxyl groups is 1. The molecule has 0 fully saturated rings. The average Bonchev–Trinajstić information content (AvgIpc) is 2.28. The number of hydrogen-bond acceptors (Lipinski definition) is 4. The van der Waals surface area contributed by atoms with Gasteiger partial charge in [0.25, 0.3) is 11.6 Å². The molecule has 0 saturated carbocycles. The van der Waals surface area contributed by atoms with E-state index >= 15 is 0 Å². The summed E-state index contributed by atoms with van der Waals surface area (Å²) in [4.78, 5) is 21.4. The Labute approximate surface area is 103 Å². The molecule has 98 valence electrons. The van der Waals surface area contributed by atoms with Gasteiger partial charge in [-0.2, -0.15) is 0 Å². The minimum absolute atomic E-state index is 0.304. The minimum atomic E-state index is -0.976. The van der Waals surface area contributed by atoms with Crippen LogP contribution in [0.4, 0.5) is 10.1 Å². The van der Waals surface area contributed by atoms with Crippen molar-refractivity contribution in [1.82, 2.24) is 5.32 Å². The Kier molecular flexibility index (Phi) is 3.97. The fourth-order valence-corrected chi connectivity index (χ4v) is 1.22. The molecule has 1 rings (SSSR count). The summed E-state index contributed by atoms with van der Waals surface area (Å²) in [5.74, 6) is -1.71. The molecule has 7 heteroatoms. The third-order valence-corrected chi connectivity index (χ3v) is 2.26. The molecule has 0 spiro atoms. The number of benzene rings is 1. The molecule has 0 aromatic heterocycles. The van der Waals surface area contributed by atoms with Gasteiger partial charge in [0, 0.05) is 6.07 Å². The Morgan fingerprint density at radius 1 is 1.56 bits per heavy atom. The van der Waals surface area contributed by atoms with Crippen molar-refractivity contribution in [1.29, 1.82) is 0 Å². The van der Waals surface area contributed by atoms with Crippen LogP contribution < -0.4 is 5.32 Å². The second-order valence-corrected chi connectivity index (χ2v) is 4.42. The lowest BCUT2D eigenvalue weighted by Gasteiger charge is -2.23. The van der Waals surface area contributed by atoms with Gasteiger partial charge < -0.3 is 10.4 Å². The number of hydrogen-bond donors (Lipinski definition) is 2. The largest absolute Gasteiger partial charge is 0.394 e. The molecule has 0 aliphatic heterocycles. The van der Waals surface area contributed by atoms with Crippen molar-refractivity contribution in [2.75, 3.05) is 6.61 Å². The zero-order valence-electron chi connectivity index (χ0n) is 9.94. The number of carbonyl (C=O) groups excluding carboxylic acids is 1. The Morgan fingerprint density at radius 2 is 2.17 bits per heavy atom. The highest BCUT2D eigenvalue weighted by Crippen LogP contribution is 2.17. The number of aliphatic hydroxyl groups excluding tert-OH is 1. The maximum atomic E-state index is 13.5. The molecule has 0 heterocycles. The van der Waals surface area contributed by atoms with E-state index in [9.17, 15) is 19.3 Å². The molecule has 0 bridgehead atoms. The molecule has 0 atom stereocenters. The third-order valence-electron chi connectivity index (χ3n) is 2.26. The fraction of sp³-hybridized carbons (Fsp3) is 0.364. The number of nitro groups is 1. The summed E-state index contributed by atoms with van der Waals surface area (Å²) in [6.45, 7) is 2.82. The molecule has 0 aliphatic carbocycles. The van der Waals surface area contributed by atoms with Crippen molar-refractivity contribution in [2.24, 2.45) is 0 Å². The Bertz CT molecular complexity index is 488. The number of amides is 1. The van der Waals surface area contributed by atoms with Crippen molar-refractivity contribution in [3.63, 3.8) is 0 Å². The van der Waals surface area contributed by atoms with E-state index in [1.165, 1.54) is 0 Å². The van der Waals surface area contributed by atoms with Crippen molar-refractivity contribution in [3.05, 3.63) is 39.7 Å². The number of carbonyl (C=O) groups is 1. The van der Waals surface area contributed by atoms with Gasteiger partial charge in [-0.15, -0.1) is 0 Å². The Hall–Kier alpha value is -2.02. The number of halogens is 1. The van der Waals surface area contributed by atoms with Crippen LogP contribution in [0.3, 0.4) is 0 Å². The van der Waals surface area contributed by atoms with Gasteiger partial charge in [0.15, 0.2) is 0 Å². The highest BCUT2D eigenvalue weighted by Gasteiger charge is 2.23. The van der Waals surface area contributed by atoms with E-state index in [0.717, 1.165) is 12.1 Å². The molecule has 0 saturated heterocycles. The minimum Gasteiger partial charge on any atom is -0.394 e. The predicted octanol–water partition coefficient (Wildman–Crippen LogP) is 1.23. The van der Waals surface area contributed by atoms with E-state index in [-0.39, 0.29) is 12.2 Å². The maximum Gasteiger partial charge on any atom is 0.272 e. The Balaban J connectivity index is 2.97. The summed E-state index contributed by atoms with van der Waals surface area (Å²) in [5.41, 5.74) is -1.63. The number of rotatable bonds is 4. The van der Waals surface area contributed by atoms with Crippen LogP contribution in [-0.4, -0.2) is 28.1 Å². The SMILES string of the molecule is CC(C)(CO)NC(=O)c1ccc([N+](=O)[O-])cc1F. The molecule has 1 aromatic rings. The van der Waals surface area contributed by atoms with Gasteiger partial charge in [0.2, 0.25) is 0 Å². The second-order valence-electron chi connectivity index (χ2n) is 4.42. The van der Waals surface area contributed by atoms with E-state index in [4.69, 9.17) is 5.11 Å². The lowest BCUT2D eigenvalue weighted by molar-refractivity contribution is -0.385. The standard InChI is InChI=1S/C11H13FN2O4/c1-11(2,6-15)13-10(16)8-4-3-7(14(17)18)5-9(8)12/h3-5,15H,6H2,1-2H3,(H,13,16). The van der Waals surface area contributed by atoms with Crippen LogP contribution in [0.5, 0.6) is 0 Å². The van der Waals surface area contributed by atoms with Gasteiger partial charge in [0.05, 0.1) is 28.7 Å². The molecular formula is C11H13FN2O4. The molecule has 0 radical (unpaired) electrons. The van der Waals surface area contributed by atoms with Gasteiger partial charge in [0.1, 0.15) is 5.82 Å². The normalized spacial score (nSPS) is 11.1. The first-order valence-electron chi connectivity index (χ1n) is 5.14. The summed E-state index contributed by atoms with van der Waals surface area (Å²) >= 11 is 0. The summed E-state index contributed by atoms with van der Waals surface area (Å²) in [6, 6.07) is 2.76. The quantitative estimate of drug-likeness (QED) is 0.626. The van der Waals surface area contributed by atoms with Crippen LogP contribution in [0.1, 0.15) is 24.2 Å². The van der Waals surface area contributed by atoms with Crippen LogP contribution in [0.2, 0.25) is 0 Å². The van der Waals surface area contributed by atoms with Crippen molar-refractivity contribution in [3.8, 4) is 0 Å². The highest BCUT2D eigenvalue weighted by molar-refractivity contribution is 5.95. The monoisotopic (exact) mass is 256 g/mol. The van der Waals surface area contributed by atoms with Gasteiger partial charge >= 0.3 is 0 Å². The summed E-state index contributed by atoms with van der Waals surface area (Å²) in [7, 11) is 0. The van der Waals surface area contributed by atoms with Crippen LogP contribution in [0.25, 0.3) is 0 Å². The zero-order valence-corrected chi connectivity index (χ0v) is 9.94. The molecule has 18 heavy (non-hydrogen) atoms. The number of nitrogens with one attached hydrogen (secondary N) is 1. The first-order chi connectivity index (χ1) is 8.26. The number of nitro benzene ring substituents is 1. The zero-order chi connectivity index (χ0) is 13.9. The van der Waals surface area contributed by atoms with Gasteiger partial charge in [-0.05, 0) is 19.9 Å². The average molecular weight is 256 g/mol. The molecule has 0 aliphatic rings. The lowest BCUT2D eigenvalue weighted by Crippen LogP contribution is -2.46. The molecule has 6 nitrogen and oxygen atoms in total. The van der Waals surface area contributed by atoms with E-state index in [0.29, 0.717) is 6.07 Å². The summed E-state index contributed by atoms with van der Waals surface area (Å²) in [6.07, 6.45) is 0. The summed E-state index contributed by atoms with van der Waals surface area (Å²) < 4.78 is 13.5. The van der Waals surface area contributed by atoms with Crippen molar-refractivity contribution >= 4 is 11.6 Å². The van der Waals surface area contributed by atoms with E-state index in [1.807, 2.05) is 0 Å². The Morgan fingerprint density at radius 3 is 2.61 bits per heavy atom. The van der Waals surface area contributed by atoms with Crippen LogP contribution >= 0.6 is 0 Å². The van der Waals surface area contributed by atoms with Gasteiger partial charge in [-0.1, -0.05) is 0 Å². The van der Waals surface area contributed by atoms with Crippen LogP contribution in [0, 0.1) is 15.9 Å². The highest BCUT2D eigenvalue weighted by atomic mass is 19.1. The summed E-state index contributed by atoms with van der Waals surface area (Å²) in [5, 5.41) is 21.8. The molecule has 2 N–H and O–H groups in total. The smallest absolute Gasteiger partial charge is 0.272 e. The lowest BCUT2D eigenvalue weighted by atomic mass is 10.1. The topological polar surface area (TPSA) is 92.5 Å². The van der Waals surface area contributed by atoms with Crippen molar-refractivity contribution < 1.29 is 19.2 Å². The van der Waals surface area contributed by atoms with E-state index < -0.39 is 27.9 Å². The number of non-ortho nitro benzene ring substituents is 1. The first-order valence-corrected chi connectivity index (χ1v) is 5.14.